The van der Waals surface area contributed by atoms with Crippen molar-refractivity contribution in [2.45, 2.75) is 13.3 Å². The summed E-state index contributed by atoms with van der Waals surface area (Å²) in [5, 5.41) is 0. The third kappa shape index (κ3) is 2.37. The van der Waals surface area contributed by atoms with E-state index in [1.165, 1.54) is 27.8 Å². The van der Waals surface area contributed by atoms with Gasteiger partial charge in [-0.1, -0.05) is 85.8 Å². The first-order chi connectivity index (χ1) is 9.90. The first kappa shape index (κ1) is 12.7. The molecule has 0 aliphatic carbocycles. The fourth-order valence-electron chi connectivity index (χ4n) is 2.70. The fourth-order valence-corrected chi connectivity index (χ4v) is 2.70. The second-order valence-corrected chi connectivity index (χ2v) is 4.93. The topological polar surface area (TPSA) is 0 Å². The van der Waals surface area contributed by atoms with Crippen molar-refractivity contribution in [3.63, 3.8) is 0 Å². The van der Waals surface area contributed by atoms with Crippen LogP contribution in [0.1, 0.15) is 12.5 Å². The van der Waals surface area contributed by atoms with Crippen LogP contribution in [0.4, 0.5) is 0 Å². The maximum Gasteiger partial charge on any atom is -0.00734 e. The van der Waals surface area contributed by atoms with Crippen molar-refractivity contribution < 1.29 is 0 Å². The zero-order valence-corrected chi connectivity index (χ0v) is 11.7. The molecule has 0 nitrogen and oxygen atoms in total. The number of aryl methyl sites for hydroxylation is 1. The Morgan fingerprint density at radius 3 is 1.80 bits per heavy atom. The van der Waals surface area contributed by atoms with E-state index < -0.39 is 0 Å². The van der Waals surface area contributed by atoms with Crippen LogP contribution < -0.4 is 0 Å². The highest BCUT2D eigenvalue weighted by molar-refractivity contribution is 5.85. The van der Waals surface area contributed by atoms with Gasteiger partial charge in [0.25, 0.3) is 0 Å². The lowest BCUT2D eigenvalue weighted by Crippen LogP contribution is -1.91. The predicted molar refractivity (Wildman–Crippen MR) is 86.7 cm³/mol. The molecule has 0 radical (unpaired) electrons. The molecule has 0 heterocycles. The average molecular weight is 258 g/mol. The summed E-state index contributed by atoms with van der Waals surface area (Å²) >= 11 is 0. The Morgan fingerprint density at radius 1 is 0.600 bits per heavy atom. The molecule has 0 saturated heterocycles. The summed E-state index contributed by atoms with van der Waals surface area (Å²) < 4.78 is 0. The van der Waals surface area contributed by atoms with E-state index in [-0.39, 0.29) is 0 Å². The van der Waals surface area contributed by atoms with Gasteiger partial charge >= 0.3 is 0 Å². The van der Waals surface area contributed by atoms with E-state index in [0.29, 0.717) is 0 Å². The van der Waals surface area contributed by atoms with E-state index in [1.807, 2.05) is 0 Å². The van der Waals surface area contributed by atoms with E-state index in [9.17, 15) is 0 Å². The van der Waals surface area contributed by atoms with E-state index in [1.54, 1.807) is 0 Å². The Bertz CT molecular complexity index is 682. The maximum absolute atomic E-state index is 2.23. The molecular weight excluding hydrogens is 240 g/mol. The lowest BCUT2D eigenvalue weighted by atomic mass is 9.90. The fraction of sp³-hybridized carbons (Fsp3) is 0.100. The number of rotatable bonds is 3. The SMILES string of the molecule is CCc1cccc(-c2ccccc2)c1-c1ccccc1. The molecule has 0 aliphatic heterocycles. The summed E-state index contributed by atoms with van der Waals surface area (Å²) in [5.74, 6) is 0. The highest BCUT2D eigenvalue weighted by atomic mass is 14.1. The zero-order valence-electron chi connectivity index (χ0n) is 11.7. The number of benzene rings is 3. The van der Waals surface area contributed by atoms with Crippen LogP contribution in [0.5, 0.6) is 0 Å². The molecule has 0 amide bonds. The van der Waals surface area contributed by atoms with Crippen LogP contribution in [0.25, 0.3) is 22.3 Å². The van der Waals surface area contributed by atoms with Gasteiger partial charge in [0.2, 0.25) is 0 Å². The first-order valence-electron chi connectivity index (χ1n) is 7.13. The van der Waals surface area contributed by atoms with Crippen molar-refractivity contribution in [3.8, 4) is 22.3 Å². The standard InChI is InChI=1S/C20H18/c1-2-16-14-9-15-19(17-10-5-3-6-11-17)20(16)18-12-7-4-8-13-18/h3-15H,2H2,1H3. The maximum atomic E-state index is 2.23. The van der Waals surface area contributed by atoms with Gasteiger partial charge in [0.05, 0.1) is 0 Å². The summed E-state index contributed by atoms with van der Waals surface area (Å²) in [6, 6.07) is 27.9. The van der Waals surface area contributed by atoms with Crippen molar-refractivity contribution in [3.05, 3.63) is 84.4 Å². The second-order valence-electron chi connectivity index (χ2n) is 4.93. The van der Waals surface area contributed by atoms with Crippen LogP contribution in [-0.2, 0) is 6.42 Å². The molecule has 0 spiro atoms. The largest absolute Gasteiger partial charge is 0.0622 e. The molecule has 3 aromatic carbocycles. The summed E-state index contributed by atoms with van der Waals surface area (Å²) in [6.45, 7) is 2.22. The van der Waals surface area contributed by atoms with Crippen LogP contribution in [-0.4, -0.2) is 0 Å². The monoisotopic (exact) mass is 258 g/mol. The molecule has 0 N–H and O–H groups in total. The van der Waals surface area contributed by atoms with Gasteiger partial charge in [-0.3, -0.25) is 0 Å². The van der Waals surface area contributed by atoms with Crippen molar-refractivity contribution in [1.29, 1.82) is 0 Å². The molecule has 0 fully saturated rings. The molecule has 98 valence electrons. The predicted octanol–water partition coefficient (Wildman–Crippen LogP) is 5.58. The van der Waals surface area contributed by atoms with Gasteiger partial charge in [0.15, 0.2) is 0 Å². The Hall–Kier alpha value is -2.34. The Balaban J connectivity index is 2.26. The normalized spacial score (nSPS) is 10.4. The molecule has 0 heteroatoms. The van der Waals surface area contributed by atoms with E-state index >= 15 is 0 Å². The molecule has 3 rings (SSSR count). The number of hydrogen-bond acceptors (Lipinski definition) is 0. The zero-order chi connectivity index (χ0) is 13.8. The molecule has 3 aromatic rings. The lowest BCUT2D eigenvalue weighted by molar-refractivity contribution is 1.14. The quantitative estimate of drug-likeness (QED) is 0.575. The summed E-state index contributed by atoms with van der Waals surface area (Å²) in [7, 11) is 0. The molecule has 0 aliphatic rings. The second kappa shape index (κ2) is 5.75. The average Bonchev–Trinajstić information content (AvgIpc) is 2.55. The Morgan fingerprint density at radius 2 is 1.20 bits per heavy atom. The number of hydrogen-bond donors (Lipinski definition) is 0. The van der Waals surface area contributed by atoms with Crippen LogP contribution in [0.2, 0.25) is 0 Å². The van der Waals surface area contributed by atoms with Gasteiger partial charge in [0, 0.05) is 0 Å². The molecule has 20 heavy (non-hydrogen) atoms. The molecule has 0 bridgehead atoms. The summed E-state index contributed by atoms with van der Waals surface area (Å²) in [4.78, 5) is 0. The van der Waals surface area contributed by atoms with Gasteiger partial charge < -0.3 is 0 Å². The van der Waals surface area contributed by atoms with Gasteiger partial charge in [0.1, 0.15) is 0 Å². The van der Waals surface area contributed by atoms with Crippen molar-refractivity contribution in [1.82, 2.24) is 0 Å². The summed E-state index contributed by atoms with van der Waals surface area (Å²) in [5.41, 5.74) is 6.65. The van der Waals surface area contributed by atoms with Gasteiger partial charge in [-0.2, -0.15) is 0 Å². The van der Waals surface area contributed by atoms with Crippen LogP contribution in [0.15, 0.2) is 78.9 Å². The molecular formula is C20H18. The van der Waals surface area contributed by atoms with E-state index in [0.717, 1.165) is 6.42 Å². The minimum Gasteiger partial charge on any atom is -0.0622 e. The van der Waals surface area contributed by atoms with E-state index in [2.05, 4.69) is 85.8 Å². The molecule has 0 saturated carbocycles. The molecule has 0 aromatic heterocycles. The van der Waals surface area contributed by atoms with Gasteiger partial charge in [-0.25, -0.2) is 0 Å². The minimum absolute atomic E-state index is 1.05. The van der Waals surface area contributed by atoms with Crippen molar-refractivity contribution in [2.75, 3.05) is 0 Å². The van der Waals surface area contributed by atoms with Crippen LogP contribution >= 0.6 is 0 Å². The van der Waals surface area contributed by atoms with Crippen LogP contribution in [0.3, 0.4) is 0 Å². The third-order valence-electron chi connectivity index (χ3n) is 3.68. The molecule has 0 atom stereocenters. The van der Waals surface area contributed by atoms with Crippen molar-refractivity contribution in [2.24, 2.45) is 0 Å². The smallest absolute Gasteiger partial charge is 0.00734 e. The summed E-state index contributed by atoms with van der Waals surface area (Å²) in [6.07, 6.45) is 1.05. The highest BCUT2D eigenvalue weighted by Crippen LogP contribution is 2.35. The Labute approximate surface area is 120 Å². The lowest BCUT2D eigenvalue weighted by Gasteiger charge is -2.14. The molecule has 0 unspecified atom stereocenters. The van der Waals surface area contributed by atoms with Crippen LogP contribution in [0, 0.1) is 0 Å². The highest BCUT2D eigenvalue weighted by Gasteiger charge is 2.10. The minimum atomic E-state index is 1.05. The Kier molecular flexibility index (Phi) is 3.64. The first-order valence-corrected chi connectivity index (χ1v) is 7.13. The van der Waals surface area contributed by atoms with E-state index in [4.69, 9.17) is 0 Å². The van der Waals surface area contributed by atoms with Gasteiger partial charge in [-0.15, -0.1) is 0 Å². The van der Waals surface area contributed by atoms with Crippen molar-refractivity contribution >= 4 is 0 Å². The van der Waals surface area contributed by atoms with Gasteiger partial charge in [-0.05, 0) is 34.2 Å². The third-order valence-corrected chi connectivity index (χ3v) is 3.68.